The Kier molecular flexibility index (Phi) is 10.2. The molecule has 0 aliphatic carbocycles. The minimum atomic E-state index is -0.0661. The SMILES string of the molecule is CCOc1ccccc1OCC(=O)N(CCCN)Cc1ccccc1.Cl. The molecule has 0 unspecified atom stereocenters. The molecule has 0 aromatic heterocycles. The average Bonchev–Trinajstić information content (AvgIpc) is 2.65. The van der Waals surface area contributed by atoms with Crippen LogP contribution in [0.4, 0.5) is 0 Å². The summed E-state index contributed by atoms with van der Waals surface area (Å²) in [4.78, 5) is 14.4. The summed E-state index contributed by atoms with van der Waals surface area (Å²) in [5, 5.41) is 0. The summed E-state index contributed by atoms with van der Waals surface area (Å²) in [7, 11) is 0. The van der Waals surface area contributed by atoms with E-state index in [1.54, 1.807) is 11.0 Å². The van der Waals surface area contributed by atoms with Crippen LogP contribution in [-0.4, -0.2) is 37.1 Å². The van der Waals surface area contributed by atoms with E-state index < -0.39 is 0 Å². The Morgan fingerprint density at radius 2 is 1.62 bits per heavy atom. The van der Waals surface area contributed by atoms with Crippen LogP contribution in [0.15, 0.2) is 54.6 Å². The van der Waals surface area contributed by atoms with Gasteiger partial charge in [-0.25, -0.2) is 0 Å². The van der Waals surface area contributed by atoms with Crippen LogP contribution in [0.3, 0.4) is 0 Å². The summed E-state index contributed by atoms with van der Waals surface area (Å²) >= 11 is 0. The molecule has 0 radical (unpaired) electrons. The van der Waals surface area contributed by atoms with Gasteiger partial charge in [-0.3, -0.25) is 4.79 Å². The van der Waals surface area contributed by atoms with Crippen molar-refractivity contribution in [3.05, 3.63) is 60.2 Å². The van der Waals surface area contributed by atoms with E-state index >= 15 is 0 Å². The molecule has 0 bridgehead atoms. The van der Waals surface area contributed by atoms with Crippen molar-refractivity contribution in [1.29, 1.82) is 0 Å². The first-order valence-corrected chi connectivity index (χ1v) is 8.61. The number of carbonyl (C=O) groups excluding carboxylic acids is 1. The molecule has 0 saturated carbocycles. The molecular weight excluding hydrogens is 352 g/mol. The fourth-order valence-corrected chi connectivity index (χ4v) is 2.45. The van der Waals surface area contributed by atoms with E-state index in [9.17, 15) is 4.79 Å². The van der Waals surface area contributed by atoms with Crippen molar-refractivity contribution in [3.8, 4) is 11.5 Å². The second-order valence-electron chi connectivity index (χ2n) is 5.61. The van der Waals surface area contributed by atoms with Gasteiger partial charge >= 0.3 is 0 Å². The minimum Gasteiger partial charge on any atom is -0.490 e. The van der Waals surface area contributed by atoms with E-state index in [-0.39, 0.29) is 24.9 Å². The van der Waals surface area contributed by atoms with Crippen LogP contribution in [-0.2, 0) is 11.3 Å². The molecule has 0 aliphatic rings. The highest BCUT2D eigenvalue weighted by atomic mass is 35.5. The highest BCUT2D eigenvalue weighted by molar-refractivity contribution is 5.85. The maximum atomic E-state index is 12.6. The molecule has 2 aromatic carbocycles. The molecular formula is C20H27ClN2O3. The smallest absolute Gasteiger partial charge is 0.260 e. The lowest BCUT2D eigenvalue weighted by molar-refractivity contribution is -0.134. The van der Waals surface area contributed by atoms with E-state index in [0.717, 1.165) is 12.0 Å². The number of para-hydroxylation sites is 2. The van der Waals surface area contributed by atoms with Crippen molar-refractivity contribution in [2.45, 2.75) is 19.9 Å². The number of benzene rings is 2. The van der Waals surface area contributed by atoms with E-state index in [1.807, 2.05) is 55.5 Å². The lowest BCUT2D eigenvalue weighted by Crippen LogP contribution is -2.36. The Bertz CT molecular complexity index is 653. The number of rotatable bonds is 10. The van der Waals surface area contributed by atoms with Gasteiger partial charge in [0, 0.05) is 13.1 Å². The van der Waals surface area contributed by atoms with E-state index in [0.29, 0.717) is 37.7 Å². The topological polar surface area (TPSA) is 64.8 Å². The van der Waals surface area contributed by atoms with Crippen molar-refractivity contribution in [2.24, 2.45) is 5.73 Å². The molecule has 0 aliphatic heterocycles. The Hall–Kier alpha value is -2.24. The Labute approximate surface area is 161 Å². The summed E-state index contributed by atoms with van der Waals surface area (Å²) in [6.07, 6.45) is 0.758. The third kappa shape index (κ3) is 6.94. The van der Waals surface area contributed by atoms with Crippen LogP contribution in [0.5, 0.6) is 11.5 Å². The average molecular weight is 379 g/mol. The predicted molar refractivity (Wildman–Crippen MR) is 106 cm³/mol. The number of carbonyl (C=O) groups is 1. The molecule has 2 rings (SSSR count). The Morgan fingerprint density at radius 1 is 1.00 bits per heavy atom. The highest BCUT2D eigenvalue weighted by Crippen LogP contribution is 2.26. The van der Waals surface area contributed by atoms with Crippen LogP contribution in [0.25, 0.3) is 0 Å². The van der Waals surface area contributed by atoms with Crippen molar-refractivity contribution >= 4 is 18.3 Å². The minimum absolute atomic E-state index is 0. The van der Waals surface area contributed by atoms with Crippen molar-refractivity contribution in [3.63, 3.8) is 0 Å². The number of halogens is 1. The number of hydrogen-bond acceptors (Lipinski definition) is 4. The first-order chi connectivity index (χ1) is 12.2. The van der Waals surface area contributed by atoms with Crippen LogP contribution in [0.2, 0.25) is 0 Å². The normalized spacial score (nSPS) is 9.92. The molecule has 26 heavy (non-hydrogen) atoms. The van der Waals surface area contributed by atoms with Gasteiger partial charge in [0.25, 0.3) is 5.91 Å². The van der Waals surface area contributed by atoms with Crippen LogP contribution >= 0.6 is 12.4 Å². The van der Waals surface area contributed by atoms with E-state index in [1.165, 1.54) is 0 Å². The van der Waals surface area contributed by atoms with Crippen LogP contribution in [0.1, 0.15) is 18.9 Å². The quantitative estimate of drug-likeness (QED) is 0.689. The number of nitrogens with zero attached hydrogens (tertiary/aromatic N) is 1. The zero-order chi connectivity index (χ0) is 17.9. The van der Waals surface area contributed by atoms with Gasteiger partial charge in [0.05, 0.1) is 6.61 Å². The molecule has 2 aromatic rings. The van der Waals surface area contributed by atoms with Gasteiger partial charge in [-0.15, -0.1) is 12.4 Å². The first kappa shape index (κ1) is 21.8. The standard InChI is InChI=1S/C20H26N2O3.ClH/c1-2-24-18-11-6-7-12-19(18)25-16-20(23)22(14-8-13-21)15-17-9-4-3-5-10-17;/h3-7,9-12H,2,8,13-16,21H2,1H3;1H. The summed E-state index contributed by atoms with van der Waals surface area (Å²) in [5.41, 5.74) is 6.69. The molecule has 2 N–H and O–H groups in total. The molecule has 5 nitrogen and oxygen atoms in total. The van der Waals surface area contributed by atoms with Crippen LogP contribution < -0.4 is 15.2 Å². The lowest BCUT2D eigenvalue weighted by atomic mass is 10.2. The summed E-state index contributed by atoms with van der Waals surface area (Å²) in [6, 6.07) is 17.3. The van der Waals surface area contributed by atoms with Gasteiger partial charge in [0.1, 0.15) is 0 Å². The zero-order valence-electron chi connectivity index (χ0n) is 15.1. The molecule has 0 saturated heterocycles. The summed E-state index contributed by atoms with van der Waals surface area (Å²) in [5.74, 6) is 1.16. The molecule has 0 fully saturated rings. The van der Waals surface area contributed by atoms with E-state index in [4.69, 9.17) is 15.2 Å². The maximum Gasteiger partial charge on any atom is 0.260 e. The molecule has 1 amide bonds. The molecule has 6 heteroatoms. The fraction of sp³-hybridized carbons (Fsp3) is 0.350. The summed E-state index contributed by atoms with van der Waals surface area (Å²) in [6.45, 7) is 4.15. The van der Waals surface area contributed by atoms with Gasteiger partial charge in [-0.1, -0.05) is 42.5 Å². The largest absolute Gasteiger partial charge is 0.490 e. The molecule has 0 atom stereocenters. The fourth-order valence-electron chi connectivity index (χ4n) is 2.45. The van der Waals surface area contributed by atoms with Gasteiger partial charge in [0.15, 0.2) is 18.1 Å². The second-order valence-corrected chi connectivity index (χ2v) is 5.61. The van der Waals surface area contributed by atoms with Gasteiger partial charge < -0.3 is 20.1 Å². The maximum absolute atomic E-state index is 12.6. The molecule has 142 valence electrons. The highest BCUT2D eigenvalue weighted by Gasteiger charge is 2.15. The number of hydrogen-bond donors (Lipinski definition) is 1. The van der Waals surface area contributed by atoms with Crippen molar-refractivity contribution < 1.29 is 14.3 Å². The number of amides is 1. The Balaban J connectivity index is 0.00000338. The third-order valence-electron chi connectivity index (χ3n) is 3.70. The van der Waals surface area contributed by atoms with Crippen LogP contribution in [0, 0.1) is 0 Å². The van der Waals surface area contributed by atoms with Gasteiger partial charge in [-0.05, 0) is 37.6 Å². The van der Waals surface area contributed by atoms with Crippen molar-refractivity contribution in [1.82, 2.24) is 4.90 Å². The first-order valence-electron chi connectivity index (χ1n) is 8.61. The predicted octanol–water partition coefficient (Wildman–Crippen LogP) is 3.26. The molecule has 0 spiro atoms. The third-order valence-corrected chi connectivity index (χ3v) is 3.70. The van der Waals surface area contributed by atoms with E-state index in [2.05, 4.69) is 0 Å². The van der Waals surface area contributed by atoms with Gasteiger partial charge in [0.2, 0.25) is 0 Å². The lowest BCUT2D eigenvalue weighted by Gasteiger charge is -2.23. The monoisotopic (exact) mass is 378 g/mol. The number of nitrogens with two attached hydrogens (primary N) is 1. The van der Waals surface area contributed by atoms with Gasteiger partial charge in [-0.2, -0.15) is 0 Å². The summed E-state index contributed by atoms with van der Waals surface area (Å²) < 4.78 is 11.2. The second kappa shape index (κ2) is 12.2. The number of ether oxygens (including phenoxy) is 2. The Morgan fingerprint density at radius 3 is 2.23 bits per heavy atom. The van der Waals surface area contributed by atoms with Crippen molar-refractivity contribution in [2.75, 3.05) is 26.3 Å². The molecule has 0 heterocycles. The zero-order valence-corrected chi connectivity index (χ0v) is 15.9.